The van der Waals surface area contributed by atoms with E-state index in [1.54, 1.807) is 0 Å². The lowest BCUT2D eigenvalue weighted by atomic mass is 10.1. The molecule has 0 saturated heterocycles. The first-order valence-corrected chi connectivity index (χ1v) is 7.06. The Hall–Kier alpha value is -1.67. The van der Waals surface area contributed by atoms with Crippen LogP contribution >= 0.6 is 11.6 Å². The molecule has 2 aromatic rings. The van der Waals surface area contributed by atoms with Crippen molar-refractivity contribution in [1.29, 1.82) is 0 Å². The second kappa shape index (κ2) is 6.19. The normalized spacial score (nSPS) is 11.2. The fourth-order valence-corrected chi connectivity index (χ4v) is 2.10. The molecule has 2 nitrogen and oxygen atoms in total. The number of rotatable bonds is 4. The van der Waals surface area contributed by atoms with Crippen molar-refractivity contribution in [3.8, 4) is 5.75 Å². The summed E-state index contributed by atoms with van der Waals surface area (Å²) in [7, 11) is 0. The van der Waals surface area contributed by atoms with Gasteiger partial charge in [-0.05, 0) is 44.5 Å². The average molecular weight is 290 g/mol. The highest BCUT2D eigenvalue weighted by Crippen LogP contribution is 2.29. The number of benzene rings is 2. The fourth-order valence-electron chi connectivity index (χ4n) is 1.86. The molecule has 0 radical (unpaired) electrons. The van der Waals surface area contributed by atoms with Crippen LogP contribution in [0.25, 0.3) is 0 Å². The van der Waals surface area contributed by atoms with Crippen LogP contribution in [0.1, 0.15) is 26.3 Å². The van der Waals surface area contributed by atoms with Crippen LogP contribution < -0.4 is 10.1 Å². The fraction of sp³-hybridized carbons (Fsp3) is 0.294. The van der Waals surface area contributed by atoms with Crippen molar-refractivity contribution in [1.82, 2.24) is 0 Å². The van der Waals surface area contributed by atoms with Crippen molar-refractivity contribution in [2.24, 2.45) is 0 Å². The number of nitrogens with one attached hydrogen (secondary N) is 1. The van der Waals surface area contributed by atoms with Crippen LogP contribution in [-0.4, -0.2) is 5.54 Å². The minimum Gasteiger partial charge on any atom is -0.487 e. The summed E-state index contributed by atoms with van der Waals surface area (Å²) in [4.78, 5) is 0. The largest absolute Gasteiger partial charge is 0.487 e. The number of ether oxygens (including phenoxy) is 1. The van der Waals surface area contributed by atoms with Crippen molar-refractivity contribution in [2.45, 2.75) is 32.9 Å². The summed E-state index contributed by atoms with van der Waals surface area (Å²) in [5.74, 6) is 0.704. The van der Waals surface area contributed by atoms with Gasteiger partial charge >= 0.3 is 0 Å². The summed E-state index contributed by atoms with van der Waals surface area (Å²) in [6.07, 6.45) is 0. The summed E-state index contributed by atoms with van der Waals surface area (Å²) in [6.45, 7) is 6.86. The van der Waals surface area contributed by atoms with Gasteiger partial charge in [-0.1, -0.05) is 41.9 Å². The van der Waals surface area contributed by atoms with Gasteiger partial charge in [-0.2, -0.15) is 0 Å². The molecule has 0 aliphatic carbocycles. The highest BCUT2D eigenvalue weighted by atomic mass is 35.5. The van der Waals surface area contributed by atoms with E-state index in [0.29, 0.717) is 17.4 Å². The van der Waals surface area contributed by atoms with E-state index in [0.717, 1.165) is 11.3 Å². The Balaban J connectivity index is 2.03. The van der Waals surface area contributed by atoms with Crippen molar-refractivity contribution >= 4 is 17.3 Å². The van der Waals surface area contributed by atoms with E-state index >= 15 is 0 Å². The molecule has 0 unspecified atom stereocenters. The van der Waals surface area contributed by atoms with E-state index in [-0.39, 0.29) is 5.54 Å². The molecule has 1 N–H and O–H groups in total. The topological polar surface area (TPSA) is 21.3 Å². The minimum absolute atomic E-state index is 0.00966. The molecule has 0 spiro atoms. The second-order valence-electron chi connectivity index (χ2n) is 5.79. The van der Waals surface area contributed by atoms with Gasteiger partial charge in [0.2, 0.25) is 0 Å². The Labute approximate surface area is 125 Å². The number of hydrogen-bond acceptors (Lipinski definition) is 2. The van der Waals surface area contributed by atoms with Crippen molar-refractivity contribution in [3.05, 3.63) is 59.1 Å². The van der Waals surface area contributed by atoms with Crippen LogP contribution in [-0.2, 0) is 6.61 Å². The predicted octanol–water partition coefficient (Wildman–Crippen LogP) is 5.13. The number of halogens is 1. The van der Waals surface area contributed by atoms with E-state index < -0.39 is 0 Å². The van der Waals surface area contributed by atoms with Crippen molar-refractivity contribution in [2.75, 3.05) is 5.32 Å². The zero-order valence-corrected chi connectivity index (χ0v) is 12.9. The van der Waals surface area contributed by atoms with Gasteiger partial charge in [-0.3, -0.25) is 0 Å². The lowest BCUT2D eigenvalue weighted by Gasteiger charge is -2.22. The Kier molecular flexibility index (Phi) is 4.56. The summed E-state index contributed by atoms with van der Waals surface area (Å²) in [5.41, 5.74) is 2.13. The van der Waals surface area contributed by atoms with Crippen LogP contribution in [0.5, 0.6) is 5.75 Å². The standard InChI is InChI=1S/C17H20ClNO/c1-17(2,3)19-14-9-10-16(15(18)11-14)20-12-13-7-5-4-6-8-13/h4-11,19H,12H2,1-3H3. The molecule has 0 fully saturated rings. The van der Waals surface area contributed by atoms with Gasteiger partial charge in [0, 0.05) is 11.2 Å². The molecule has 0 aliphatic rings. The van der Waals surface area contributed by atoms with Gasteiger partial charge in [-0.25, -0.2) is 0 Å². The zero-order chi connectivity index (χ0) is 14.6. The summed E-state index contributed by atoms with van der Waals surface area (Å²) >= 11 is 6.26. The van der Waals surface area contributed by atoms with Crippen LogP contribution in [0.2, 0.25) is 5.02 Å². The molecule has 20 heavy (non-hydrogen) atoms. The minimum atomic E-state index is 0.00966. The monoisotopic (exact) mass is 289 g/mol. The smallest absolute Gasteiger partial charge is 0.138 e. The molecule has 106 valence electrons. The molecular formula is C17H20ClNO. The maximum atomic E-state index is 6.26. The van der Waals surface area contributed by atoms with Crippen molar-refractivity contribution in [3.63, 3.8) is 0 Å². The van der Waals surface area contributed by atoms with Gasteiger partial charge in [0.05, 0.1) is 5.02 Å². The third kappa shape index (κ3) is 4.46. The summed E-state index contributed by atoms with van der Waals surface area (Å²) in [5, 5.41) is 4.00. The maximum Gasteiger partial charge on any atom is 0.138 e. The van der Waals surface area contributed by atoms with Gasteiger partial charge in [0.1, 0.15) is 12.4 Å². The Bertz CT molecular complexity index is 561. The second-order valence-corrected chi connectivity index (χ2v) is 6.20. The third-order valence-electron chi connectivity index (χ3n) is 2.69. The lowest BCUT2D eigenvalue weighted by Crippen LogP contribution is -2.25. The molecule has 0 saturated carbocycles. The molecule has 0 heterocycles. The van der Waals surface area contributed by atoms with Crippen molar-refractivity contribution < 1.29 is 4.74 Å². The predicted molar refractivity (Wildman–Crippen MR) is 85.6 cm³/mol. The average Bonchev–Trinajstić information content (AvgIpc) is 2.37. The molecule has 0 aliphatic heterocycles. The number of anilines is 1. The van der Waals surface area contributed by atoms with Crippen LogP contribution in [0, 0.1) is 0 Å². The molecule has 3 heteroatoms. The zero-order valence-electron chi connectivity index (χ0n) is 12.1. The highest BCUT2D eigenvalue weighted by Gasteiger charge is 2.10. The van der Waals surface area contributed by atoms with Gasteiger partial charge in [0.15, 0.2) is 0 Å². The van der Waals surface area contributed by atoms with Crippen LogP contribution in [0.15, 0.2) is 48.5 Å². The molecule has 2 rings (SSSR count). The molecule has 0 aromatic heterocycles. The molecule has 0 atom stereocenters. The summed E-state index contributed by atoms with van der Waals surface area (Å²) in [6, 6.07) is 15.8. The quantitative estimate of drug-likeness (QED) is 0.842. The van der Waals surface area contributed by atoms with E-state index in [4.69, 9.17) is 16.3 Å². The third-order valence-corrected chi connectivity index (χ3v) is 2.98. The number of hydrogen-bond donors (Lipinski definition) is 1. The van der Waals surface area contributed by atoms with E-state index in [2.05, 4.69) is 26.1 Å². The Morgan fingerprint density at radius 3 is 2.35 bits per heavy atom. The Morgan fingerprint density at radius 1 is 1.05 bits per heavy atom. The molecule has 0 bridgehead atoms. The molecule has 2 aromatic carbocycles. The first-order chi connectivity index (χ1) is 9.44. The first-order valence-electron chi connectivity index (χ1n) is 6.68. The SMILES string of the molecule is CC(C)(C)Nc1ccc(OCc2ccccc2)c(Cl)c1. The van der Waals surface area contributed by atoms with Gasteiger partial charge in [-0.15, -0.1) is 0 Å². The van der Waals surface area contributed by atoms with Crippen LogP contribution in [0.3, 0.4) is 0 Å². The van der Waals surface area contributed by atoms with Crippen LogP contribution in [0.4, 0.5) is 5.69 Å². The maximum absolute atomic E-state index is 6.26. The van der Waals surface area contributed by atoms with Gasteiger partial charge < -0.3 is 10.1 Å². The van der Waals surface area contributed by atoms with Gasteiger partial charge in [0.25, 0.3) is 0 Å². The lowest BCUT2D eigenvalue weighted by molar-refractivity contribution is 0.306. The molecule has 0 amide bonds. The Morgan fingerprint density at radius 2 is 1.75 bits per heavy atom. The highest BCUT2D eigenvalue weighted by molar-refractivity contribution is 6.32. The summed E-state index contributed by atoms with van der Waals surface area (Å²) < 4.78 is 5.75. The van der Waals surface area contributed by atoms with E-state index in [9.17, 15) is 0 Å². The van der Waals surface area contributed by atoms with E-state index in [1.165, 1.54) is 0 Å². The molecular weight excluding hydrogens is 270 g/mol. The van der Waals surface area contributed by atoms with E-state index in [1.807, 2.05) is 48.5 Å². The first kappa shape index (κ1) is 14.7.